The molecule has 1 saturated carbocycles. The van der Waals surface area contributed by atoms with Gasteiger partial charge < -0.3 is 10.6 Å². The maximum absolute atomic E-state index is 12.8. The highest BCUT2D eigenvalue weighted by Gasteiger charge is 2.48. The third-order valence-corrected chi connectivity index (χ3v) is 6.70. The van der Waals surface area contributed by atoms with E-state index >= 15 is 0 Å². The fourth-order valence-electron chi connectivity index (χ4n) is 3.31. The van der Waals surface area contributed by atoms with E-state index < -0.39 is 21.8 Å². The molecule has 1 heterocycles. The highest BCUT2D eigenvalue weighted by Crippen LogP contribution is 2.39. The average molecular weight is 413 g/mol. The van der Waals surface area contributed by atoms with Gasteiger partial charge in [-0.05, 0) is 55.7 Å². The van der Waals surface area contributed by atoms with Gasteiger partial charge >= 0.3 is 0 Å². The van der Waals surface area contributed by atoms with Crippen molar-refractivity contribution in [3.05, 3.63) is 53.1 Å². The number of carbonyl (C=O) groups excluding carboxylic acids is 3. The van der Waals surface area contributed by atoms with Crippen LogP contribution in [0.5, 0.6) is 0 Å². The SMILES string of the molecule is CC(=O)Nc1ccc(C)cc1NC(=O)c1ccc2c(c1)S(=O)(=O)N(C1CC1)C2=O. The Kier molecular flexibility index (Phi) is 4.42. The van der Waals surface area contributed by atoms with Crippen LogP contribution in [0.25, 0.3) is 0 Å². The van der Waals surface area contributed by atoms with E-state index in [2.05, 4.69) is 10.6 Å². The summed E-state index contributed by atoms with van der Waals surface area (Å²) in [5, 5.41) is 5.34. The van der Waals surface area contributed by atoms with E-state index in [-0.39, 0.29) is 28.0 Å². The van der Waals surface area contributed by atoms with Crippen molar-refractivity contribution in [2.75, 3.05) is 10.6 Å². The second-order valence-electron chi connectivity index (χ2n) is 7.23. The zero-order valence-corrected chi connectivity index (χ0v) is 16.7. The highest BCUT2D eigenvalue weighted by molar-refractivity contribution is 7.90. The number of rotatable bonds is 4. The minimum absolute atomic E-state index is 0.0861. The lowest BCUT2D eigenvalue weighted by molar-refractivity contribution is -0.114. The maximum atomic E-state index is 12.8. The molecule has 29 heavy (non-hydrogen) atoms. The first kappa shape index (κ1) is 19.1. The Morgan fingerprint density at radius 1 is 1.03 bits per heavy atom. The fourth-order valence-corrected chi connectivity index (χ4v) is 5.15. The van der Waals surface area contributed by atoms with Gasteiger partial charge in [0.15, 0.2) is 0 Å². The molecule has 2 aromatic carbocycles. The lowest BCUT2D eigenvalue weighted by Crippen LogP contribution is -2.31. The summed E-state index contributed by atoms with van der Waals surface area (Å²) in [5.41, 5.74) is 1.89. The molecule has 9 heteroatoms. The van der Waals surface area contributed by atoms with Crippen molar-refractivity contribution in [1.29, 1.82) is 0 Å². The van der Waals surface area contributed by atoms with Crippen LogP contribution >= 0.6 is 0 Å². The summed E-state index contributed by atoms with van der Waals surface area (Å²) in [4.78, 5) is 36.5. The third kappa shape index (κ3) is 3.38. The predicted octanol–water partition coefficient (Wildman–Crippen LogP) is 2.51. The van der Waals surface area contributed by atoms with E-state index in [1.165, 1.54) is 25.1 Å². The molecule has 2 N–H and O–H groups in total. The number of anilines is 2. The number of carbonyl (C=O) groups is 3. The first-order valence-corrected chi connectivity index (χ1v) is 10.5. The summed E-state index contributed by atoms with van der Waals surface area (Å²) in [6.45, 7) is 3.20. The van der Waals surface area contributed by atoms with E-state index in [9.17, 15) is 22.8 Å². The molecule has 1 fully saturated rings. The van der Waals surface area contributed by atoms with Gasteiger partial charge in [-0.1, -0.05) is 6.07 Å². The van der Waals surface area contributed by atoms with Gasteiger partial charge in [0.05, 0.1) is 16.9 Å². The number of hydrogen-bond donors (Lipinski definition) is 2. The summed E-state index contributed by atoms with van der Waals surface area (Å²) in [7, 11) is -3.95. The molecule has 4 rings (SSSR count). The van der Waals surface area contributed by atoms with Crippen LogP contribution in [0.15, 0.2) is 41.3 Å². The van der Waals surface area contributed by atoms with E-state index in [1.807, 2.05) is 6.92 Å². The molecule has 1 aliphatic heterocycles. The van der Waals surface area contributed by atoms with Gasteiger partial charge in [0.25, 0.3) is 21.8 Å². The zero-order chi connectivity index (χ0) is 20.9. The number of hydrogen-bond acceptors (Lipinski definition) is 5. The van der Waals surface area contributed by atoms with Gasteiger partial charge in [0.2, 0.25) is 5.91 Å². The number of nitrogens with zero attached hydrogens (tertiary/aromatic N) is 1. The second-order valence-corrected chi connectivity index (χ2v) is 9.02. The number of fused-ring (bicyclic) bond motifs is 1. The Labute approximate surface area is 168 Å². The molecule has 0 unspecified atom stereocenters. The number of sulfonamides is 1. The van der Waals surface area contributed by atoms with Crippen LogP contribution in [-0.2, 0) is 14.8 Å². The zero-order valence-electron chi connectivity index (χ0n) is 15.9. The molecule has 8 nitrogen and oxygen atoms in total. The fraction of sp³-hybridized carbons (Fsp3) is 0.250. The summed E-state index contributed by atoms with van der Waals surface area (Å²) < 4.78 is 26.4. The van der Waals surface area contributed by atoms with Crippen molar-refractivity contribution in [3.63, 3.8) is 0 Å². The second kappa shape index (κ2) is 6.70. The Morgan fingerprint density at radius 3 is 2.41 bits per heavy atom. The molecule has 0 radical (unpaired) electrons. The maximum Gasteiger partial charge on any atom is 0.269 e. The van der Waals surface area contributed by atoms with Crippen molar-refractivity contribution < 1.29 is 22.8 Å². The Bertz CT molecular complexity index is 1170. The normalized spacial score (nSPS) is 17.0. The average Bonchev–Trinajstić information content (AvgIpc) is 3.44. The van der Waals surface area contributed by atoms with Crippen LogP contribution < -0.4 is 10.6 Å². The van der Waals surface area contributed by atoms with Crippen molar-refractivity contribution in [2.45, 2.75) is 37.6 Å². The molecule has 2 aliphatic rings. The molecule has 3 amide bonds. The van der Waals surface area contributed by atoms with Gasteiger partial charge in [-0.3, -0.25) is 14.4 Å². The molecule has 2 aromatic rings. The van der Waals surface area contributed by atoms with Crippen LogP contribution in [0.3, 0.4) is 0 Å². The molecular weight excluding hydrogens is 394 g/mol. The monoisotopic (exact) mass is 413 g/mol. The smallest absolute Gasteiger partial charge is 0.269 e. The predicted molar refractivity (Wildman–Crippen MR) is 106 cm³/mol. The lowest BCUT2D eigenvalue weighted by atomic mass is 10.1. The number of amides is 3. The first-order valence-electron chi connectivity index (χ1n) is 9.11. The van der Waals surface area contributed by atoms with Gasteiger partial charge in [-0.25, -0.2) is 12.7 Å². The summed E-state index contributed by atoms with van der Waals surface area (Å²) in [6, 6.07) is 8.90. The Morgan fingerprint density at radius 2 is 1.76 bits per heavy atom. The van der Waals surface area contributed by atoms with Crippen molar-refractivity contribution in [1.82, 2.24) is 4.31 Å². The molecule has 0 spiro atoms. The quantitative estimate of drug-likeness (QED) is 0.800. The van der Waals surface area contributed by atoms with Crippen molar-refractivity contribution in [2.24, 2.45) is 0 Å². The van der Waals surface area contributed by atoms with E-state index in [0.29, 0.717) is 24.2 Å². The van der Waals surface area contributed by atoms with Crippen molar-refractivity contribution in [3.8, 4) is 0 Å². The first-order chi connectivity index (χ1) is 13.7. The number of benzene rings is 2. The molecule has 150 valence electrons. The topological polar surface area (TPSA) is 113 Å². The van der Waals surface area contributed by atoms with E-state index in [1.54, 1.807) is 18.2 Å². The minimum atomic E-state index is -3.95. The van der Waals surface area contributed by atoms with Gasteiger partial charge in [-0.15, -0.1) is 0 Å². The van der Waals surface area contributed by atoms with Crippen molar-refractivity contribution >= 4 is 39.1 Å². The van der Waals surface area contributed by atoms with Gasteiger partial charge in [-0.2, -0.15) is 0 Å². The van der Waals surface area contributed by atoms with Crippen LogP contribution in [0, 0.1) is 6.92 Å². The molecule has 0 bridgehead atoms. The molecule has 0 aromatic heterocycles. The summed E-state index contributed by atoms with van der Waals surface area (Å²) in [6.07, 6.45) is 1.32. The highest BCUT2D eigenvalue weighted by atomic mass is 32.2. The summed E-state index contributed by atoms with van der Waals surface area (Å²) >= 11 is 0. The van der Waals surface area contributed by atoms with Crippen LogP contribution in [0.4, 0.5) is 11.4 Å². The largest absolute Gasteiger partial charge is 0.325 e. The standard InChI is InChI=1S/C20H19N3O5S/c1-11-3-8-16(21-12(2)24)17(9-11)22-19(25)13-4-7-15-18(10-13)29(27,28)23(20(15)26)14-5-6-14/h3-4,7-10,14H,5-6H2,1-2H3,(H,21,24)(H,22,25). The molecule has 0 saturated heterocycles. The Hall–Kier alpha value is -3.20. The molecule has 1 aliphatic carbocycles. The molecular formula is C20H19N3O5S. The van der Waals surface area contributed by atoms with Crippen LogP contribution in [-0.4, -0.2) is 36.5 Å². The van der Waals surface area contributed by atoms with Gasteiger partial charge in [0.1, 0.15) is 4.90 Å². The molecule has 0 atom stereocenters. The van der Waals surface area contributed by atoms with Gasteiger partial charge in [0, 0.05) is 18.5 Å². The third-order valence-electron chi connectivity index (χ3n) is 4.82. The summed E-state index contributed by atoms with van der Waals surface area (Å²) in [5.74, 6) is -1.37. The number of aryl methyl sites for hydroxylation is 1. The minimum Gasteiger partial charge on any atom is -0.325 e. The van der Waals surface area contributed by atoms with Crippen LogP contribution in [0.1, 0.15) is 46.0 Å². The lowest BCUT2D eigenvalue weighted by Gasteiger charge is -2.13. The number of nitrogens with one attached hydrogen (secondary N) is 2. The van der Waals surface area contributed by atoms with E-state index in [4.69, 9.17) is 0 Å². The van der Waals surface area contributed by atoms with Crippen LogP contribution in [0.2, 0.25) is 0 Å². The van der Waals surface area contributed by atoms with E-state index in [0.717, 1.165) is 9.87 Å². The Balaban J connectivity index is 1.66.